The van der Waals surface area contributed by atoms with Gasteiger partial charge in [-0.1, -0.05) is 18.2 Å². The minimum Gasteiger partial charge on any atom is -0.495 e. The highest BCUT2D eigenvalue weighted by Crippen LogP contribution is 2.48. The van der Waals surface area contributed by atoms with Crippen LogP contribution in [0.25, 0.3) is 6.08 Å². The van der Waals surface area contributed by atoms with Crippen LogP contribution in [0.15, 0.2) is 30.3 Å². The summed E-state index contributed by atoms with van der Waals surface area (Å²) in [4.78, 5) is 38.6. The van der Waals surface area contributed by atoms with Crippen LogP contribution in [-0.4, -0.2) is 44.1 Å². The van der Waals surface area contributed by atoms with E-state index in [1.165, 1.54) is 7.11 Å². The molecule has 8 nitrogen and oxygen atoms in total. The fourth-order valence-corrected chi connectivity index (χ4v) is 5.25. The number of Topliss-reactive ketones (excluding diaryl/α,β-unsaturated/α-hetero) is 1. The number of methoxy groups -OCH3 is 2. The van der Waals surface area contributed by atoms with Gasteiger partial charge in [-0.15, -0.1) is 0 Å². The first kappa shape index (κ1) is 29.2. The third-order valence-electron chi connectivity index (χ3n) is 7.11. The van der Waals surface area contributed by atoms with Gasteiger partial charge in [0.1, 0.15) is 22.8 Å². The number of ketones is 1. The summed E-state index contributed by atoms with van der Waals surface area (Å²) < 4.78 is 28.9. The molecule has 2 atom stereocenters. The lowest BCUT2D eigenvalue weighted by molar-refractivity contribution is -0.135. The zero-order chi connectivity index (χ0) is 28.8. The van der Waals surface area contributed by atoms with Gasteiger partial charge in [-0.3, -0.25) is 9.59 Å². The smallest absolute Gasteiger partial charge is 0.342 e. The molecular formula is C32H38O8. The van der Waals surface area contributed by atoms with Crippen molar-refractivity contribution in [3.63, 3.8) is 0 Å². The first-order valence-corrected chi connectivity index (χ1v) is 13.9. The van der Waals surface area contributed by atoms with Crippen LogP contribution in [0.5, 0.6) is 23.0 Å². The van der Waals surface area contributed by atoms with E-state index >= 15 is 0 Å². The van der Waals surface area contributed by atoms with E-state index in [-0.39, 0.29) is 35.9 Å². The van der Waals surface area contributed by atoms with Crippen LogP contribution < -0.4 is 18.9 Å². The number of hydrogen-bond acceptors (Lipinski definition) is 8. The zero-order valence-electron chi connectivity index (χ0n) is 23.9. The van der Waals surface area contributed by atoms with Crippen molar-refractivity contribution in [2.45, 2.75) is 83.8 Å². The summed E-state index contributed by atoms with van der Waals surface area (Å²) in [5.74, 6) is 0.643. The maximum absolute atomic E-state index is 13.6. The molecule has 8 heteroatoms. The van der Waals surface area contributed by atoms with Crippen LogP contribution in [0.4, 0.5) is 0 Å². The maximum atomic E-state index is 13.6. The molecule has 0 bridgehead atoms. The molecule has 2 aromatic rings. The molecule has 1 unspecified atom stereocenters. The van der Waals surface area contributed by atoms with Crippen LogP contribution in [-0.2, 0) is 14.3 Å². The Kier molecular flexibility index (Phi) is 9.50. The Morgan fingerprint density at radius 1 is 0.975 bits per heavy atom. The molecular weight excluding hydrogens is 512 g/mol. The second-order valence-corrected chi connectivity index (χ2v) is 10.5. The largest absolute Gasteiger partial charge is 0.495 e. The van der Waals surface area contributed by atoms with Crippen molar-refractivity contribution < 1.29 is 38.1 Å². The zero-order valence-corrected chi connectivity index (χ0v) is 23.9. The molecule has 2 aliphatic rings. The van der Waals surface area contributed by atoms with Crippen molar-refractivity contribution in [3.8, 4) is 23.0 Å². The van der Waals surface area contributed by atoms with Gasteiger partial charge in [0.05, 0.1) is 32.8 Å². The molecule has 2 heterocycles. The quantitative estimate of drug-likeness (QED) is 0.311. The Morgan fingerprint density at radius 2 is 1.75 bits per heavy atom. The molecule has 4 rings (SSSR count). The first-order chi connectivity index (χ1) is 19.2. The summed E-state index contributed by atoms with van der Waals surface area (Å²) in [6.45, 7) is 5.70. The lowest BCUT2D eigenvalue weighted by atomic mass is 9.83. The van der Waals surface area contributed by atoms with Gasteiger partial charge in [0.15, 0.2) is 11.5 Å². The number of fused-ring (bicyclic) bond motifs is 2. The maximum Gasteiger partial charge on any atom is 0.342 e. The van der Waals surface area contributed by atoms with E-state index in [4.69, 9.17) is 23.7 Å². The summed E-state index contributed by atoms with van der Waals surface area (Å²) >= 11 is 0. The highest BCUT2D eigenvalue weighted by molar-refractivity contribution is 5.99. The predicted octanol–water partition coefficient (Wildman–Crippen LogP) is 6.41. The lowest BCUT2D eigenvalue weighted by Gasteiger charge is -2.29. The van der Waals surface area contributed by atoms with Gasteiger partial charge in [-0.25, -0.2) is 4.79 Å². The normalized spacial score (nSPS) is 20.9. The molecule has 214 valence electrons. The Labute approximate surface area is 235 Å². The minimum absolute atomic E-state index is 0.0397. The van der Waals surface area contributed by atoms with Crippen molar-refractivity contribution in [2.24, 2.45) is 0 Å². The SMILES string of the molecule is COc1cc(C2CC(=O)Oc3cc4c(c(OC)c32)C(=O)O[C@@H](C)CCCC(=O)CCC/C=C/4)ccc1OC(C)C. The van der Waals surface area contributed by atoms with E-state index in [0.29, 0.717) is 66.2 Å². The van der Waals surface area contributed by atoms with Crippen molar-refractivity contribution in [3.05, 3.63) is 52.6 Å². The van der Waals surface area contributed by atoms with E-state index in [2.05, 4.69) is 0 Å². The van der Waals surface area contributed by atoms with E-state index < -0.39 is 11.9 Å². The Morgan fingerprint density at radius 3 is 2.48 bits per heavy atom. The molecule has 0 saturated heterocycles. The van der Waals surface area contributed by atoms with Gasteiger partial charge in [-0.05, 0) is 75.8 Å². The monoisotopic (exact) mass is 550 g/mol. The predicted molar refractivity (Wildman–Crippen MR) is 150 cm³/mol. The van der Waals surface area contributed by atoms with Crippen molar-refractivity contribution in [1.29, 1.82) is 0 Å². The molecule has 0 saturated carbocycles. The van der Waals surface area contributed by atoms with Gasteiger partial charge < -0.3 is 23.7 Å². The summed E-state index contributed by atoms with van der Waals surface area (Å²) in [5, 5.41) is 0. The Balaban J connectivity index is 1.84. The van der Waals surface area contributed by atoms with Gasteiger partial charge in [0.2, 0.25) is 0 Å². The fraction of sp³-hybridized carbons (Fsp3) is 0.469. The summed E-state index contributed by atoms with van der Waals surface area (Å²) in [5.41, 5.74) is 2.21. The molecule has 2 aliphatic heterocycles. The number of ether oxygens (including phenoxy) is 5. The number of carbonyl (C=O) groups excluding carboxylic acids is 3. The van der Waals surface area contributed by atoms with Crippen LogP contribution >= 0.6 is 0 Å². The number of carbonyl (C=O) groups is 3. The topological polar surface area (TPSA) is 97.4 Å². The van der Waals surface area contributed by atoms with Gasteiger partial charge >= 0.3 is 11.9 Å². The molecule has 0 N–H and O–H groups in total. The molecule has 0 aliphatic carbocycles. The number of hydrogen-bond donors (Lipinski definition) is 0. The molecule has 0 radical (unpaired) electrons. The van der Waals surface area contributed by atoms with E-state index in [1.807, 2.05) is 45.0 Å². The van der Waals surface area contributed by atoms with Gasteiger partial charge in [0.25, 0.3) is 0 Å². The van der Waals surface area contributed by atoms with Crippen LogP contribution in [0.3, 0.4) is 0 Å². The second-order valence-electron chi connectivity index (χ2n) is 10.5. The van der Waals surface area contributed by atoms with Gasteiger partial charge in [0, 0.05) is 24.3 Å². The molecule has 0 aromatic heterocycles. The van der Waals surface area contributed by atoms with Gasteiger partial charge in [-0.2, -0.15) is 0 Å². The standard InChI is InChI=1S/C32H38O8/c1-19(2)38-25-15-14-21(16-26(25)36-4)24-18-28(34)40-27-17-22-11-7-6-8-12-23(33)13-9-10-20(3)39-32(35)29(22)31(37-5)30(24)27/h7,11,14-17,19-20,24H,6,8-10,12-13,18H2,1-5H3/b11-7+/t20-,24?/m0/s1. The number of cyclic esters (lactones) is 1. The highest BCUT2D eigenvalue weighted by Gasteiger charge is 2.36. The van der Waals surface area contributed by atoms with E-state index in [0.717, 1.165) is 12.0 Å². The lowest BCUT2D eigenvalue weighted by Crippen LogP contribution is -2.24. The second kappa shape index (κ2) is 13.0. The Bertz CT molecular complexity index is 1290. The first-order valence-electron chi connectivity index (χ1n) is 13.9. The molecule has 40 heavy (non-hydrogen) atoms. The fourth-order valence-electron chi connectivity index (χ4n) is 5.25. The average Bonchev–Trinajstić information content (AvgIpc) is 2.90. The third-order valence-corrected chi connectivity index (χ3v) is 7.11. The summed E-state index contributed by atoms with van der Waals surface area (Å²) in [6, 6.07) is 7.26. The summed E-state index contributed by atoms with van der Waals surface area (Å²) in [7, 11) is 3.07. The number of benzene rings is 2. The van der Waals surface area contributed by atoms with Crippen LogP contribution in [0.2, 0.25) is 0 Å². The van der Waals surface area contributed by atoms with E-state index in [1.54, 1.807) is 19.3 Å². The molecule has 0 amide bonds. The highest BCUT2D eigenvalue weighted by atomic mass is 16.6. The van der Waals surface area contributed by atoms with Crippen LogP contribution in [0, 0.1) is 0 Å². The Hall–Kier alpha value is -3.81. The minimum atomic E-state index is -0.524. The van der Waals surface area contributed by atoms with Crippen molar-refractivity contribution in [1.82, 2.24) is 0 Å². The third kappa shape index (κ3) is 6.66. The van der Waals surface area contributed by atoms with E-state index in [9.17, 15) is 14.4 Å². The molecule has 2 aromatic carbocycles. The van der Waals surface area contributed by atoms with Crippen LogP contribution in [0.1, 0.15) is 98.7 Å². The summed E-state index contributed by atoms with van der Waals surface area (Å²) in [6.07, 6.45) is 7.00. The number of esters is 2. The number of rotatable bonds is 5. The molecule has 0 spiro atoms. The van der Waals surface area contributed by atoms with Crippen molar-refractivity contribution >= 4 is 23.8 Å². The van der Waals surface area contributed by atoms with Crippen molar-refractivity contribution in [2.75, 3.05) is 14.2 Å². The molecule has 0 fully saturated rings. The number of allylic oxidation sites excluding steroid dienone is 1. The average molecular weight is 551 g/mol.